The molecule has 23 heavy (non-hydrogen) atoms. The van der Waals surface area contributed by atoms with Crippen molar-refractivity contribution in [2.75, 3.05) is 11.4 Å². The molecule has 1 aliphatic carbocycles. The lowest BCUT2D eigenvalue weighted by Gasteiger charge is -2.17. The molecule has 0 bridgehead atoms. The maximum atomic E-state index is 12.7. The van der Waals surface area contributed by atoms with Gasteiger partial charge in [-0.2, -0.15) is 0 Å². The minimum atomic E-state index is -0.980. The van der Waals surface area contributed by atoms with Crippen LogP contribution in [0.25, 0.3) is 0 Å². The van der Waals surface area contributed by atoms with Gasteiger partial charge >= 0.3 is 5.97 Å². The molecule has 0 spiro atoms. The minimum absolute atomic E-state index is 0.0983. The largest absolute Gasteiger partial charge is 0.480 e. The van der Waals surface area contributed by atoms with Crippen LogP contribution in [-0.4, -0.2) is 23.4 Å². The first-order valence-corrected chi connectivity index (χ1v) is 7.27. The predicted octanol–water partition coefficient (Wildman–Crippen LogP) is 2.62. The minimum Gasteiger partial charge on any atom is -0.480 e. The molecular formula is C18H13NO4. The van der Waals surface area contributed by atoms with Gasteiger partial charge in [-0.3, -0.25) is 14.5 Å². The molecule has 0 radical (unpaired) electrons. The third-order valence-corrected chi connectivity index (χ3v) is 4.06. The topological polar surface area (TPSA) is 66.8 Å². The molecule has 114 valence electrons. The van der Waals surface area contributed by atoms with E-state index in [1.165, 1.54) is 0 Å². The van der Waals surface area contributed by atoms with E-state index in [4.69, 9.17) is 4.74 Å². The first-order valence-electron chi connectivity index (χ1n) is 7.27. The summed E-state index contributed by atoms with van der Waals surface area (Å²) in [5, 5.41) is 9.19. The monoisotopic (exact) mass is 307 g/mol. The summed E-state index contributed by atoms with van der Waals surface area (Å²) in [7, 11) is 0. The highest BCUT2D eigenvalue weighted by atomic mass is 16.5. The Morgan fingerprint density at radius 3 is 2.65 bits per heavy atom. The number of nitrogens with zero attached hydrogens (tertiary/aromatic N) is 1. The highest BCUT2D eigenvalue weighted by molar-refractivity contribution is 6.14. The number of anilines is 1. The summed E-state index contributed by atoms with van der Waals surface area (Å²) in [6.07, 6.45) is 0.453. The highest BCUT2D eigenvalue weighted by Crippen LogP contribution is 2.41. The number of hydrogen-bond acceptors (Lipinski definition) is 4. The molecule has 1 aliphatic heterocycles. The molecule has 5 heteroatoms. The lowest BCUT2D eigenvalue weighted by Crippen LogP contribution is -2.29. The zero-order valence-corrected chi connectivity index (χ0v) is 12.2. The molecule has 4 rings (SSSR count). The molecule has 2 aromatic rings. The molecule has 0 saturated heterocycles. The molecule has 5 nitrogen and oxygen atoms in total. The van der Waals surface area contributed by atoms with E-state index < -0.39 is 5.97 Å². The number of carboxylic acid groups (broad SMARTS) is 1. The number of Topliss-reactive ketones (excluding diaryl/α,β-unsaturated/α-hetero) is 1. The fourth-order valence-corrected chi connectivity index (χ4v) is 3.05. The molecule has 1 N–H and O–H groups in total. The van der Waals surface area contributed by atoms with Crippen LogP contribution in [0.2, 0.25) is 0 Å². The van der Waals surface area contributed by atoms with Crippen LogP contribution in [-0.2, 0) is 11.2 Å². The van der Waals surface area contributed by atoms with Gasteiger partial charge in [-0.25, -0.2) is 0 Å². The van der Waals surface area contributed by atoms with Crippen molar-refractivity contribution in [3.8, 4) is 5.75 Å². The van der Waals surface area contributed by atoms with E-state index >= 15 is 0 Å². The molecule has 2 aromatic carbocycles. The van der Waals surface area contributed by atoms with Gasteiger partial charge in [0.15, 0.2) is 11.5 Å². The average Bonchev–Trinajstić information content (AvgIpc) is 3.06. The number of para-hydroxylation sites is 2. The lowest BCUT2D eigenvalue weighted by atomic mass is 10.1. The van der Waals surface area contributed by atoms with Crippen LogP contribution in [0.15, 0.2) is 60.0 Å². The Bertz CT molecular complexity index is 869. The Labute approximate surface area is 132 Å². The van der Waals surface area contributed by atoms with E-state index in [0.717, 1.165) is 5.56 Å². The van der Waals surface area contributed by atoms with Crippen molar-refractivity contribution in [2.24, 2.45) is 0 Å². The van der Waals surface area contributed by atoms with E-state index in [1.807, 2.05) is 30.3 Å². The summed E-state index contributed by atoms with van der Waals surface area (Å²) >= 11 is 0. The van der Waals surface area contributed by atoms with Gasteiger partial charge in [0.05, 0.1) is 11.3 Å². The normalized spacial score (nSPS) is 18.6. The molecule has 2 aliphatic rings. The maximum absolute atomic E-state index is 12.7. The third kappa shape index (κ3) is 2.09. The van der Waals surface area contributed by atoms with Crippen LogP contribution in [0.3, 0.4) is 0 Å². The fourth-order valence-electron chi connectivity index (χ4n) is 3.05. The van der Waals surface area contributed by atoms with Gasteiger partial charge in [0.25, 0.3) is 0 Å². The number of carbonyl (C=O) groups excluding carboxylic acids is 1. The molecular weight excluding hydrogens is 294 g/mol. The molecule has 0 saturated carbocycles. The summed E-state index contributed by atoms with van der Waals surface area (Å²) in [5.74, 6) is -0.181. The second-order valence-electron chi connectivity index (χ2n) is 5.50. The summed E-state index contributed by atoms with van der Waals surface area (Å²) in [4.78, 5) is 25.4. The van der Waals surface area contributed by atoms with Crippen molar-refractivity contribution in [2.45, 2.75) is 6.42 Å². The van der Waals surface area contributed by atoms with Crippen LogP contribution in [0.5, 0.6) is 5.75 Å². The fraction of sp³-hybridized carbons (Fsp3) is 0.111. The standard InChI is InChI=1S/C18H13NO4/c20-16(21)10-19-14-7-3-4-8-15(14)23-18(19)13-9-11-5-1-2-6-12(11)17(13)22/h1-8H,9-10H2,(H,20,21). The lowest BCUT2D eigenvalue weighted by molar-refractivity contribution is -0.135. The number of carbonyl (C=O) groups is 2. The molecule has 1 heterocycles. The zero-order chi connectivity index (χ0) is 16.0. The molecule has 0 amide bonds. The molecule has 0 unspecified atom stereocenters. The Morgan fingerprint density at radius 1 is 1.13 bits per heavy atom. The number of rotatable bonds is 2. The highest BCUT2D eigenvalue weighted by Gasteiger charge is 2.36. The summed E-state index contributed by atoms with van der Waals surface area (Å²) < 4.78 is 5.83. The van der Waals surface area contributed by atoms with Crippen LogP contribution in [0.1, 0.15) is 15.9 Å². The van der Waals surface area contributed by atoms with Crippen molar-refractivity contribution in [1.29, 1.82) is 0 Å². The van der Waals surface area contributed by atoms with Gasteiger partial charge in [0.1, 0.15) is 6.54 Å². The smallest absolute Gasteiger partial charge is 0.323 e. The number of ketones is 1. The maximum Gasteiger partial charge on any atom is 0.323 e. The van der Waals surface area contributed by atoms with Crippen LogP contribution in [0.4, 0.5) is 5.69 Å². The van der Waals surface area contributed by atoms with Gasteiger partial charge in [-0.1, -0.05) is 36.4 Å². The van der Waals surface area contributed by atoms with Crippen molar-refractivity contribution < 1.29 is 19.4 Å². The average molecular weight is 307 g/mol. The van der Waals surface area contributed by atoms with Crippen LogP contribution in [0, 0.1) is 0 Å². The Balaban J connectivity index is 1.83. The zero-order valence-electron chi connectivity index (χ0n) is 12.2. The number of benzene rings is 2. The van der Waals surface area contributed by atoms with Gasteiger partial charge in [-0.05, 0) is 17.7 Å². The Kier molecular flexibility index (Phi) is 2.94. The van der Waals surface area contributed by atoms with Gasteiger partial charge in [-0.15, -0.1) is 0 Å². The summed E-state index contributed by atoms with van der Waals surface area (Å²) in [6, 6.07) is 14.6. The predicted molar refractivity (Wildman–Crippen MR) is 83.6 cm³/mol. The molecule has 0 aromatic heterocycles. The number of ether oxygens (including phenoxy) is 1. The quantitative estimate of drug-likeness (QED) is 0.864. The third-order valence-electron chi connectivity index (χ3n) is 4.06. The van der Waals surface area contributed by atoms with E-state index in [9.17, 15) is 14.7 Å². The van der Waals surface area contributed by atoms with Gasteiger partial charge in [0, 0.05) is 12.0 Å². The van der Waals surface area contributed by atoms with E-state index in [0.29, 0.717) is 34.9 Å². The van der Waals surface area contributed by atoms with Crippen LogP contribution >= 0.6 is 0 Å². The second-order valence-corrected chi connectivity index (χ2v) is 5.50. The summed E-state index contributed by atoms with van der Waals surface area (Å²) in [6.45, 7) is -0.251. The summed E-state index contributed by atoms with van der Waals surface area (Å²) in [5.41, 5.74) is 2.77. The number of fused-ring (bicyclic) bond motifs is 2. The molecule has 0 fully saturated rings. The van der Waals surface area contributed by atoms with Crippen molar-refractivity contribution in [3.05, 3.63) is 71.1 Å². The van der Waals surface area contributed by atoms with Crippen LogP contribution < -0.4 is 9.64 Å². The van der Waals surface area contributed by atoms with Crippen molar-refractivity contribution in [1.82, 2.24) is 0 Å². The van der Waals surface area contributed by atoms with Crippen molar-refractivity contribution >= 4 is 17.4 Å². The SMILES string of the molecule is O=C(O)CN1C(=C2Cc3ccccc3C2=O)Oc2ccccc21. The van der Waals surface area contributed by atoms with E-state index in [1.54, 1.807) is 23.1 Å². The van der Waals surface area contributed by atoms with E-state index in [2.05, 4.69) is 0 Å². The molecule has 0 atom stereocenters. The Hall–Kier alpha value is -3.08. The second kappa shape index (κ2) is 4.98. The number of carboxylic acids is 1. The number of allylic oxidation sites excluding steroid dienone is 1. The first kappa shape index (κ1) is 13.6. The first-order chi connectivity index (χ1) is 11.1. The van der Waals surface area contributed by atoms with Crippen molar-refractivity contribution in [3.63, 3.8) is 0 Å². The van der Waals surface area contributed by atoms with Gasteiger partial charge in [0.2, 0.25) is 5.88 Å². The number of aliphatic carboxylic acids is 1. The van der Waals surface area contributed by atoms with E-state index in [-0.39, 0.29) is 12.3 Å². The van der Waals surface area contributed by atoms with Gasteiger partial charge < -0.3 is 9.84 Å². The Morgan fingerprint density at radius 2 is 1.87 bits per heavy atom. The number of hydrogen-bond donors (Lipinski definition) is 1.